The summed E-state index contributed by atoms with van der Waals surface area (Å²) in [5, 5.41) is 9.13. The van der Waals surface area contributed by atoms with E-state index >= 15 is 0 Å². The Balaban J connectivity index is 2.52. The highest BCUT2D eigenvalue weighted by atomic mass is 16.7. The standard InChI is InChI=1S/C12H8N2O3/c13-8-7-12(16)17-14-10-4-2-1-3-9(10)5-6-11(14)15/h1-6H,7H2. The fourth-order valence-electron chi connectivity index (χ4n) is 1.45. The van der Waals surface area contributed by atoms with Crippen molar-refractivity contribution >= 4 is 16.9 Å². The van der Waals surface area contributed by atoms with Crippen LogP contribution in [0.4, 0.5) is 0 Å². The van der Waals surface area contributed by atoms with E-state index in [-0.39, 0.29) is 0 Å². The Bertz CT molecular complexity index is 667. The summed E-state index contributed by atoms with van der Waals surface area (Å²) in [6, 6.07) is 11.6. The Morgan fingerprint density at radius 2 is 2.06 bits per heavy atom. The second kappa shape index (κ2) is 4.49. The van der Waals surface area contributed by atoms with Crippen LogP contribution in [0.5, 0.6) is 0 Å². The molecular weight excluding hydrogens is 220 g/mol. The zero-order valence-corrected chi connectivity index (χ0v) is 8.79. The van der Waals surface area contributed by atoms with Crippen molar-refractivity contribution in [1.82, 2.24) is 4.73 Å². The normalized spacial score (nSPS) is 9.82. The molecule has 17 heavy (non-hydrogen) atoms. The summed E-state index contributed by atoms with van der Waals surface area (Å²) < 4.78 is 0.898. The first-order valence-electron chi connectivity index (χ1n) is 4.91. The maximum atomic E-state index is 11.6. The summed E-state index contributed by atoms with van der Waals surface area (Å²) >= 11 is 0. The Morgan fingerprint density at radius 3 is 2.82 bits per heavy atom. The van der Waals surface area contributed by atoms with E-state index in [0.717, 1.165) is 10.1 Å². The van der Waals surface area contributed by atoms with Gasteiger partial charge in [0.05, 0.1) is 11.6 Å². The average molecular weight is 228 g/mol. The lowest BCUT2D eigenvalue weighted by molar-refractivity contribution is -0.142. The third-order valence-electron chi connectivity index (χ3n) is 2.18. The maximum absolute atomic E-state index is 11.6. The van der Waals surface area contributed by atoms with Crippen molar-refractivity contribution in [2.45, 2.75) is 6.42 Å². The van der Waals surface area contributed by atoms with Crippen molar-refractivity contribution in [3.8, 4) is 6.07 Å². The number of hydrogen-bond donors (Lipinski definition) is 0. The number of rotatable bonds is 2. The van der Waals surface area contributed by atoms with Crippen molar-refractivity contribution in [3.05, 3.63) is 46.8 Å². The lowest BCUT2D eigenvalue weighted by Crippen LogP contribution is -2.30. The summed E-state index contributed by atoms with van der Waals surface area (Å²) in [6.45, 7) is 0. The van der Waals surface area contributed by atoms with Crippen LogP contribution in [0.25, 0.3) is 10.9 Å². The quantitative estimate of drug-likeness (QED) is 0.764. The van der Waals surface area contributed by atoms with Crippen LogP contribution in [0.15, 0.2) is 41.2 Å². The monoisotopic (exact) mass is 228 g/mol. The zero-order valence-electron chi connectivity index (χ0n) is 8.79. The fourth-order valence-corrected chi connectivity index (χ4v) is 1.45. The molecule has 0 amide bonds. The molecule has 0 spiro atoms. The summed E-state index contributed by atoms with van der Waals surface area (Å²) in [7, 11) is 0. The molecule has 5 nitrogen and oxygen atoms in total. The van der Waals surface area contributed by atoms with Gasteiger partial charge in [0.15, 0.2) is 0 Å². The molecule has 0 saturated heterocycles. The first-order valence-corrected chi connectivity index (χ1v) is 4.91. The smallest absolute Gasteiger partial charge is 0.332 e. The van der Waals surface area contributed by atoms with E-state index in [1.165, 1.54) is 6.07 Å². The van der Waals surface area contributed by atoms with E-state index < -0.39 is 17.9 Å². The van der Waals surface area contributed by atoms with E-state index in [1.807, 2.05) is 6.07 Å². The lowest BCUT2D eigenvalue weighted by Gasteiger charge is -2.07. The number of carbonyl (C=O) groups excluding carboxylic acids is 1. The average Bonchev–Trinajstić information content (AvgIpc) is 2.33. The van der Waals surface area contributed by atoms with E-state index in [1.54, 1.807) is 30.3 Å². The second-order valence-electron chi connectivity index (χ2n) is 3.32. The largest absolute Gasteiger partial charge is 0.347 e. The predicted molar refractivity (Wildman–Crippen MR) is 60.0 cm³/mol. The Kier molecular flexibility index (Phi) is 2.88. The van der Waals surface area contributed by atoms with Crippen molar-refractivity contribution in [1.29, 1.82) is 5.26 Å². The molecule has 1 heterocycles. The lowest BCUT2D eigenvalue weighted by atomic mass is 10.2. The molecule has 2 rings (SSSR count). The van der Waals surface area contributed by atoms with Gasteiger partial charge in [-0.05, 0) is 12.1 Å². The highest BCUT2D eigenvalue weighted by Gasteiger charge is 2.08. The molecule has 0 aliphatic rings. The minimum atomic E-state index is -0.758. The van der Waals surface area contributed by atoms with Gasteiger partial charge in [-0.2, -0.15) is 5.26 Å². The van der Waals surface area contributed by atoms with Crippen LogP contribution in [0, 0.1) is 11.3 Å². The first-order chi connectivity index (χ1) is 8.22. The molecule has 0 bridgehead atoms. The van der Waals surface area contributed by atoms with Gasteiger partial charge in [-0.1, -0.05) is 18.2 Å². The molecule has 0 aliphatic carbocycles. The zero-order chi connectivity index (χ0) is 12.3. The van der Waals surface area contributed by atoms with Crippen LogP contribution in [0.1, 0.15) is 6.42 Å². The predicted octanol–water partition coefficient (Wildman–Crippen LogP) is 0.870. The van der Waals surface area contributed by atoms with Crippen LogP contribution < -0.4 is 10.4 Å². The molecule has 0 atom stereocenters. The number of nitrogens with zero attached hydrogens (tertiary/aromatic N) is 2. The van der Waals surface area contributed by atoms with Crippen molar-refractivity contribution < 1.29 is 9.63 Å². The Hall–Kier alpha value is -2.61. The van der Waals surface area contributed by atoms with Gasteiger partial charge in [-0.3, -0.25) is 4.79 Å². The first kappa shape index (κ1) is 10.9. The molecule has 0 unspecified atom stereocenters. The molecule has 1 aromatic carbocycles. The van der Waals surface area contributed by atoms with Gasteiger partial charge >= 0.3 is 5.97 Å². The van der Waals surface area contributed by atoms with Crippen molar-refractivity contribution in [2.24, 2.45) is 0 Å². The summed E-state index contributed by atoms with van der Waals surface area (Å²) in [6.07, 6.45) is -0.393. The summed E-state index contributed by atoms with van der Waals surface area (Å²) in [4.78, 5) is 27.6. The van der Waals surface area contributed by atoms with Crippen LogP contribution >= 0.6 is 0 Å². The topological polar surface area (TPSA) is 72.1 Å². The molecule has 5 heteroatoms. The van der Waals surface area contributed by atoms with Gasteiger partial charge in [0.2, 0.25) is 0 Å². The number of benzene rings is 1. The molecule has 0 fully saturated rings. The molecular formula is C12H8N2O3. The van der Waals surface area contributed by atoms with Gasteiger partial charge in [-0.25, -0.2) is 4.79 Å². The number of para-hydroxylation sites is 1. The molecule has 2 aromatic rings. The second-order valence-corrected chi connectivity index (χ2v) is 3.32. The van der Waals surface area contributed by atoms with Crippen molar-refractivity contribution in [3.63, 3.8) is 0 Å². The van der Waals surface area contributed by atoms with Crippen LogP contribution in [0.3, 0.4) is 0 Å². The molecule has 0 N–H and O–H groups in total. The Labute approximate surface area is 96.4 Å². The third kappa shape index (κ3) is 2.16. The summed E-state index contributed by atoms with van der Waals surface area (Å²) in [5.41, 5.74) is 0.0429. The highest BCUT2D eigenvalue weighted by Crippen LogP contribution is 2.09. The van der Waals surface area contributed by atoms with E-state index in [0.29, 0.717) is 5.52 Å². The molecule has 84 valence electrons. The molecule has 1 aromatic heterocycles. The number of pyridine rings is 1. The number of fused-ring (bicyclic) bond motifs is 1. The minimum absolute atomic E-state index is 0.393. The number of hydrogen-bond acceptors (Lipinski definition) is 4. The maximum Gasteiger partial charge on any atom is 0.347 e. The van der Waals surface area contributed by atoms with E-state index in [2.05, 4.69) is 0 Å². The van der Waals surface area contributed by atoms with Gasteiger partial charge in [-0.15, -0.1) is 4.73 Å². The molecule has 0 aliphatic heterocycles. The van der Waals surface area contributed by atoms with E-state index in [4.69, 9.17) is 10.1 Å². The Morgan fingerprint density at radius 1 is 1.29 bits per heavy atom. The number of nitriles is 1. The van der Waals surface area contributed by atoms with Crippen LogP contribution in [-0.4, -0.2) is 10.7 Å². The van der Waals surface area contributed by atoms with E-state index in [9.17, 15) is 9.59 Å². The fraction of sp³-hybridized carbons (Fsp3) is 0.0833. The highest BCUT2D eigenvalue weighted by molar-refractivity contribution is 5.79. The SMILES string of the molecule is N#CCC(=O)On1c(=O)ccc2ccccc21. The number of aromatic nitrogens is 1. The van der Waals surface area contributed by atoms with Crippen molar-refractivity contribution in [2.75, 3.05) is 0 Å². The van der Waals surface area contributed by atoms with Crippen LogP contribution in [-0.2, 0) is 4.79 Å². The van der Waals surface area contributed by atoms with Gasteiger partial charge in [0.25, 0.3) is 5.56 Å². The van der Waals surface area contributed by atoms with Gasteiger partial charge in [0.1, 0.15) is 6.42 Å². The molecule has 0 saturated carbocycles. The third-order valence-corrected chi connectivity index (χ3v) is 2.18. The van der Waals surface area contributed by atoms with Gasteiger partial charge in [0, 0.05) is 11.5 Å². The van der Waals surface area contributed by atoms with Crippen LogP contribution in [0.2, 0.25) is 0 Å². The molecule has 0 radical (unpaired) electrons. The number of carbonyl (C=O) groups is 1. The van der Waals surface area contributed by atoms with Gasteiger partial charge < -0.3 is 4.84 Å². The summed E-state index contributed by atoms with van der Waals surface area (Å²) in [5.74, 6) is -0.758. The minimum Gasteiger partial charge on any atom is -0.332 e.